The van der Waals surface area contributed by atoms with Crippen molar-refractivity contribution in [3.63, 3.8) is 0 Å². The molecular formula is C11H16BrN3O. The highest BCUT2D eigenvalue weighted by Crippen LogP contribution is 2.35. The number of aromatic nitrogens is 2. The Morgan fingerprint density at radius 2 is 2.25 bits per heavy atom. The summed E-state index contributed by atoms with van der Waals surface area (Å²) in [6.07, 6.45) is 3.62. The maximum atomic E-state index is 5.89. The number of halogens is 1. The van der Waals surface area contributed by atoms with Crippen LogP contribution < -0.4 is 5.73 Å². The predicted molar refractivity (Wildman–Crippen MR) is 64.4 cm³/mol. The van der Waals surface area contributed by atoms with Gasteiger partial charge in [-0.3, -0.25) is 0 Å². The standard InChI is InChI=1S/C11H16BrN3O/c12-9-8-3-1-2-4-15(8)10(14-9)11(5-13)6-16-7-11/h1-7,13H2. The quantitative estimate of drug-likeness (QED) is 0.889. The Kier molecular flexibility index (Phi) is 2.57. The molecule has 16 heavy (non-hydrogen) atoms. The number of nitrogens with zero attached hydrogens (tertiary/aromatic N) is 2. The average Bonchev–Trinajstić information content (AvgIpc) is 2.58. The molecule has 0 amide bonds. The van der Waals surface area contributed by atoms with Crippen molar-refractivity contribution in [1.82, 2.24) is 9.55 Å². The summed E-state index contributed by atoms with van der Waals surface area (Å²) >= 11 is 3.56. The summed E-state index contributed by atoms with van der Waals surface area (Å²) in [5.41, 5.74) is 7.20. The second-order valence-electron chi connectivity index (χ2n) is 4.76. The summed E-state index contributed by atoms with van der Waals surface area (Å²) in [7, 11) is 0. The van der Waals surface area contributed by atoms with Crippen LogP contribution in [0, 0.1) is 0 Å². The Labute approximate surface area is 103 Å². The van der Waals surface area contributed by atoms with E-state index in [2.05, 4.69) is 25.5 Å². The molecule has 1 aromatic heterocycles. The molecule has 0 aliphatic carbocycles. The van der Waals surface area contributed by atoms with E-state index >= 15 is 0 Å². The van der Waals surface area contributed by atoms with Gasteiger partial charge in [-0.15, -0.1) is 0 Å². The third-order valence-electron chi connectivity index (χ3n) is 3.69. The Morgan fingerprint density at radius 1 is 1.44 bits per heavy atom. The van der Waals surface area contributed by atoms with Gasteiger partial charge in [0.1, 0.15) is 10.4 Å². The molecule has 0 saturated carbocycles. The van der Waals surface area contributed by atoms with Gasteiger partial charge < -0.3 is 15.0 Å². The van der Waals surface area contributed by atoms with E-state index in [0.717, 1.165) is 23.4 Å². The van der Waals surface area contributed by atoms with E-state index in [4.69, 9.17) is 10.5 Å². The lowest BCUT2D eigenvalue weighted by atomic mass is 9.85. The molecule has 2 N–H and O–H groups in total. The molecule has 3 rings (SSSR count). The zero-order valence-electron chi connectivity index (χ0n) is 9.21. The van der Waals surface area contributed by atoms with Crippen molar-refractivity contribution in [2.45, 2.75) is 31.2 Å². The SMILES string of the molecule is NCC1(c2nc(Br)c3n2CCCC3)COC1. The van der Waals surface area contributed by atoms with Crippen LogP contribution in [0.2, 0.25) is 0 Å². The minimum Gasteiger partial charge on any atom is -0.379 e. The van der Waals surface area contributed by atoms with E-state index in [9.17, 15) is 0 Å². The second kappa shape index (κ2) is 3.82. The van der Waals surface area contributed by atoms with Gasteiger partial charge >= 0.3 is 0 Å². The summed E-state index contributed by atoms with van der Waals surface area (Å²) in [6.45, 7) is 3.12. The molecule has 0 spiro atoms. The van der Waals surface area contributed by atoms with Gasteiger partial charge in [-0.2, -0.15) is 0 Å². The van der Waals surface area contributed by atoms with Crippen LogP contribution in [-0.4, -0.2) is 29.3 Å². The van der Waals surface area contributed by atoms with E-state index in [-0.39, 0.29) is 5.41 Å². The summed E-state index contributed by atoms with van der Waals surface area (Å²) < 4.78 is 8.69. The average molecular weight is 286 g/mol. The molecule has 0 bridgehead atoms. The molecule has 1 saturated heterocycles. The predicted octanol–water partition coefficient (Wildman–Crippen LogP) is 1.21. The third-order valence-corrected chi connectivity index (χ3v) is 4.33. The van der Waals surface area contributed by atoms with Crippen LogP contribution in [0.3, 0.4) is 0 Å². The van der Waals surface area contributed by atoms with Crippen molar-refractivity contribution in [2.75, 3.05) is 19.8 Å². The van der Waals surface area contributed by atoms with Crippen LogP contribution in [0.4, 0.5) is 0 Å². The van der Waals surface area contributed by atoms with E-state index in [1.165, 1.54) is 18.5 Å². The molecule has 3 heterocycles. The lowest BCUT2D eigenvalue weighted by Gasteiger charge is -2.40. The Bertz CT molecular complexity index is 406. The van der Waals surface area contributed by atoms with Crippen molar-refractivity contribution in [2.24, 2.45) is 5.73 Å². The molecule has 0 radical (unpaired) electrons. The molecule has 88 valence electrons. The fourth-order valence-corrected chi connectivity index (χ4v) is 3.17. The summed E-state index contributed by atoms with van der Waals surface area (Å²) in [5.74, 6) is 1.13. The van der Waals surface area contributed by atoms with Gasteiger partial charge in [0.2, 0.25) is 0 Å². The van der Waals surface area contributed by atoms with Crippen molar-refractivity contribution < 1.29 is 4.74 Å². The zero-order chi connectivity index (χ0) is 11.2. The number of fused-ring (bicyclic) bond motifs is 1. The lowest BCUT2D eigenvalue weighted by molar-refractivity contribution is -0.0611. The summed E-state index contributed by atoms with van der Waals surface area (Å²) in [5, 5.41) is 0. The Balaban J connectivity index is 2.07. The molecule has 0 unspecified atom stereocenters. The zero-order valence-corrected chi connectivity index (χ0v) is 10.8. The van der Waals surface area contributed by atoms with E-state index < -0.39 is 0 Å². The molecule has 2 aliphatic rings. The molecule has 1 aromatic rings. The molecular weight excluding hydrogens is 270 g/mol. The van der Waals surface area contributed by atoms with Crippen LogP contribution in [0.15, 0.2) is 4.60 Å². The van der Waals surface area contributed by atoms with Gasteiger partial charge in [0.15, 0.2) is 0 Å². The minimum absolute atomic E-state index is 0.0297. The van der Waals surface area contributed by atoms with Crippen LogP contribution in [0.5, 0.6) is 0 Å². The van der Waals surface area contributed by atoms with Gasteiger partial charge in [0, 0.05) is 13.1 Å². The highest BCUT2D eigenvalue weighted by molar-refractivity contribution is 9.10. The van der Waals surface area contributed by atoms with E-state index in [1.54, 1.807) is 0 Å². The van der Waals surface area contributed by atoms with Crippen molar-refractivity contribution in [1.29, 1.82) is 0 Å². The maximum Gasteiger partial charge on any atom is 0.127 e. The number of ether oxygens (including phenoxy) is 1. The van der Waals surface area contributed by atoms with Gasteiger partial charge in [0.05, 0.1) is 24.3 Å². The van der Waals surface area contributed by atoms with E-state index in [1.807, 2.05) is 0 Å². The van der Waals surface area contributed by atoms with Crippen molar-refractivity contribution in [3.8, 4) is 0 Å². The normalized spacial score (nSPS) is 22.6. The minimum atomic E-state index is -0.0297. The molecule has 0 atom stereocenters. The fourth-order valence-electron chi connectivity index (χ4n) is 2.59. The largest absolute Gasteiger partial charge is 0.379 e. The van der Waals surface area contributed by atoms with Gasteiger partial charge in [-0.1, -0.05) is 0 Å². The van der Waals surface area contributed by atoms with E-state index in [0.29, 0.717) is 19.8 Å². The van der Waals surface area contributed by atoms with Crippen molar-refractivity contribution in [3.05, 3.63) is 16.1 Å². The van der Waals surface area contributed by atoms with Crippen LogP contribution in [0.25, 0.3) is 0 Å². The van der Waals surface area contributed by atoms with Gasteiger partial charge in [-0.25, -0.2) is 4.98 Å². The van der Waals surface area contributed by atoms with Crippen LogP contribution >= 0.6 is 15.9 Å². The molecule has 5 heteroatoms. The molecule has 0 aromatic carbocycles. The molecule has 4 nitrogen and oxygen atoms in total. The number of imidazole rings is 1. The second-order valence-corrected chi connectivity index (χ2v) is 5.51. The topological polar surface area (TPSA) is 53.1 Å². The smallest absolute Gasteiger partial charge is 0.127 e. The summed E-state index contributed by atoms with van der Waals surface area (Å²) in [6, 6.07) is 0. The van der Waals surface area contributed by atoms with Gasteiger partial charge in [-0.05, 0) is 35.2 Å². The molecule has 1 fully saturated rings. The first kappa shape index (κ1) is 10.7. The lowest BCUT2D eigenvalue weighted by Crippen LogP contribution is -2.54. The Hall–Kier alpha value is -0.390. The number of hydrogen-bond acceptors (Lipinski definition) is 3. The fraction of sp³-hybridized carbons (Fsp3) is 0.727. The van der Waals surface area contributed by atoms with Crippen molar-refractivity contribution >= 4 is 15.9 Å². The first-order valence-electron chi connectivity index (χ1n) is 5.80. The first-order valence-corrected chi connectivity index (χ1v) is 6.59. The highest BCUT2D eigenvalue weighted by atomic mass is 79.9. The monoisotopic (exact) mass is 285 g/mol. The van der Waals surface area contributed by atoms with Crippen LogP contribution in [0.1, 0.15) is 24.4 Å². The van der Waals surface area contributed by atoms with Gasteiger partial charge in [0.25, 0.3) is 0 Å². The van der Waals surface area contributed by atoms with Crippen LogP contribution in [-0.2, 0) is 23.1 Å². The third kappa shape index (κ3) is 1.38. The number of hydrogen-bond donors (Lipinski definition) is 1. The highest BCUT2D eigenvalue weighted by Gasteiger charge is 2.44. The molecule has 2 aliphatic heterocycles. The summed E-state index contributed by atoms with van der Waals surface area (Å²) in [4.78, 5) is 4.68. The first-order chi connectivity index (χ1) is 7.77. The number of rotatable bonds is 2. The maximum absolute atomic E-state index is 5.89. The number of nitrogens with two attached hydrogens (primary N) is 1. The Morgan fingerprint density at radius 3 is 2.88 bits per heavy atom.